The third-order valence-corrected chi connectivity index (χ3v) is 6.37. The Morgan fingerprint density at radius 2 is 1.55 bits per heavy atom. The molecule has 0 spiro atoms. The standard InChI is InChI=1S/C21H25N3O4S/c25-20(22-14-15-23-29(27,28)19-8-2-1-3-9-19)17-10-12-18(13-11-17)24-21(26)16-6-4-5-7-16/h1-3,8-13,16,23H,4-7,14-15H2,(H,22,25)(H,24,26). The number of benzene rings is 2. The van der Waals surface area contributed by atoms with Crippen molar-refractivity contribution in [3.63, 3.8) is 0 Å². The van der Waals surface area contributed by atoms with Crippen molar-refractivity contribution in [1.29, 1.82) is 0 Å². The molecule has 3 N–H and O–H groups in total. The highest BCUT2D eigenvalue weighted by Gasteiger charge is 2.22. The number of carbonyl (C=O) groups is 2. The molecule has 1 fully saturated rings. The van der Waals surface area contributed by atoms with Crippen LogP contribution in [-0.2, 0) is 14.8 Å². The van der Waals surface area contributed by atoms with Gasteiger partial charge >= 0.3 is 0 Å². The molecule has 1 aliphatic carbocycles. The number of amides is 2. The summed E-state index contributed by atoms with van der Waals surface area (Å²) in [7, 11) is -3.59. The summed E-state index contributed by atoms with van der Waals surface area (Å²) in [6.07, 6.45) is 4.05. The Morgan fingerprint density at radius 1 is 0.897 bits per heavy atom. The van der Waals surface area contributed by atoms with Gasteiger partial charge in [-0.2, -0.15) is 0 Å². The number of rotatable bonds is 8. The molecular weight excluding hydrogens is 390 g/mol. The molecule has 0 aromatic heterocycles. The van der Waals surface area contributed by atoms with Gasteiger partial charge in [-0.25, -0.2) is 13.1 Å². The van der Waals surface area contributed by atoms with Crippen molar-refractivity contribution in [1.82, 2.24) is 10.0 Å². The van der Waals surface area contributed by atoms with Gasteiger partial charge in [0.2, 0.25) is 15.9 Å². The zero-order valence-corrected chi connectivity index (χ0v) is 16.9. The second-order valence-electron chi connectivity index (χ2n) is 7.01. The van der Waals surface area contributed by atoms with Gasteiger partial charge in [-0.05, 0) is 49.2 Å². The summed E-state index contributed by atoms with van der Waals surface area (Å²) in [6.45, 7) is 0.240. The first-order valence-corrected chi connectivity index (χ1v) is 11.2. The van der Waals surface area contributed by atoms with Crippen LogP contribution in [0.4, 0.5) is 5.69 Å². The van der Waals surface area contributed by atoms with Gasteiger partial charge in [0.25, 0.3) is 5.91 Å². The Bertz CT molecular complexity index is 938. The third-order valence-electron chi connectivity index (χ3n) is 4.90. The highest BCUT2D eigenvalue weighted by molar-refractivity contribution is 7.89. The summed E-state index contributed by atoms with van der Waals surface area (Å²) in [4.78, 5) is 24.5. The Balaban J connectivity index is 1.44. The minimum absolute atomic E-state index is 0.0328. The average molecular weight is 416 g/mol. The Labute approximate surface area is 171 Å². The van der Waals surface area contributed by atoms with Crippen LogP contribution in [0.3, 0.4) is 0 Å². The number of nitrogens with one attached hydrogen (secondary N) is 3. The van der Waals surface area contributed by atoms with Crippen LogP contribution in [0.15, 0.2) is 59.5 Å². The first-order chi connectivity index (χ1) is 14.0. The summed E-state index contributed by atoms with van der Waals surface area (Å²) in [5.41, 5.74) is 1.10. The summed E-state index contributed by atoms with van der Waals surface area (Å²) in [5.74, 6) is -0.194. The number of sulfonamides is 1. The van der Waals surface area contributed by atoms with E-state index in [2.05, 4.69) is 15.4 Å². The smallest absolute Gasteiger partial charge is 0.251 e. The molecule has 0 unspecified atom stereocenters. The van der Waals surface area contributed by atoms with Gasteiger partial charge in [-0.1, -0.05) is 31.0 Å². The first kappa shape index (κ1) is 21.0. The van der Waals surface area contributed by atoms with E-state index in [4.69, 9.17) is 0 Å². The van der Waals surface area contributed by atoms with Crippen LogP contribution >= 0.6 is 0 Å². The largest absolute Gasteiger partial charge is 0.351 e. The molecule has 1 aliphatic rings. The second kappa shape index (κ2) is 9.67. The minimum Gasteiger partial charge on any atom is -0.351 e. The van der Waals surface area contributed by atoms with Crippen molar-refractivity contribution >= 4 is 27.5 Å². The van der Waals surface area contributed by atoms with Gasteiger partial charge in [-0.15, -0.1) is 0 Å². The molecule has 0 atom stereocenters. The van der Waals surface area contributed by atoms with Gasteiger partial charge in [0.1, 0.15) is 0 Å². The quantitative estimate of drug-likeness (QED) is 0.576. The minimum atomic E-state index is -3.59. The molecule has 0 bridgehead atoms. The topological polar surface area (TPSA) is 104 Å². The van der Waals surface area contributed by atoms with Gasteiger partial charge in [0.15, 0.2) is 0 Å². The lowest BCUT2D eigenvalue weighted by Gasteiger charge is -2.11. The lowest BCUT2D eigenvalue weighted by atomic mass is 10.1. The van der Waals surface area contributed by atoms with Crippen LogP contribution in [0.25, 0.3) is 0 Å². The number of carbonyl (C=O) groups excluding carboxylic acids is 2. The molecule has 2 aromatic carbocycles. The highest BCUT2D eigenvalue weighted by Crippen LogP contribution is 2.26. The predicted molar refractivity (Wildman–Crippen MR) is 111 cm³/mol. The van der Waals surface area contributed by atoms with E-state index in [-0.39, 0.29) is 35.7 Å². The number of hydrogen-bond donors (Lipinski definition) is 3. The third kappa shape index (κ3) is 5.88. The highest BCUT2D eigenvalue weighted by atomic mass is 32.2. The molecule has 154 valence electrons. The van der Waals surface area contributed by atoms with Crippen molar-refractivity contribution in [2.24, 2.45) is 5.92 Å². The Hall–Kier alpha value is -2.71. The van der Waals surface area contributed by atoms with Crippen molar-refractivity contribution < 1.29 is 18.0 Å². The van der Waals surface area contributed by atoms with Crippen LogP contribution in [-0.4, -0.2) is 33.3 Å². The van der Waals surface area contributed by atoms with Crippen LogP contribution in [0.5, 0.6) is 0 Å². The summed E-state index contributed by atoms with van der Waals surface area (Å²) in [6, 6.07) is 14.7. The Morgan fingerprint density at radius 3 is 2.21 bits per heavy atom. The van der Waals surface area contributed by atoms with E-state index >= 15 is 0 Å². The van der Waals surface area contributed by atoms with Crippen LogP contribution in [0.1, 0.15) is 36.0 Å². The molecule has 1 saturated carbocycles. The first-order valence-electron chi connectivity index (χ1n) is 9.69. The molecule has 2 amide bonds. The van der Waals surface area contributed by atoms with Crippen LogP contribution < -0.4 is 15.4 Å². The summed E-state index contributed by atoms with van der Waals surface area (Å²) >= 11 is 0. The van der Waals surface area contributed by atoms with E-state index in [0.29, 0.717) is 11.3 Å². The predicted octanol–water partition coefficient (Wildman–Crippen LogP) is 2.52. The molecule has 3 rings (SSSR count). The normalized spacial score (nSPS) is 14.5. The zero-order valence-electron chi connectivity index (χ0n) is 16.1. The number of hydrogen-bond acceptors (Lipinski definition) is 4. The van der Waals surface area contributed by atoms with E-state index in [0.717, 1.165) is 25.7 Å². The fraction of sp³-hybridized carbons (Fsp3) is 0.333. The fourth-order valence-corrected chi connectivity index (χ4v) is 4.34. The zero-order chi connectivity index (χ0) is 20.7. The van der Waals surface area contributed by atoms with Crippen molar-refractivity contribution in [2.75, 3.05) is 18.4 Å². The monoisotopic (exact) mass is 415 g/mol. The second-order valence-corrected chi connectivity index (χ2v) is 8.78. The van der Waals surface area contributed by atoms with Gasteiger partial charge in [-0.3, -0.25) is 9.59 Å². The molecule has 2 aromatic rings. The lowest BCUT2D eigenvalue weighted by molar-refractivity contribution is -0.119. The average Bonchev–Trinajstić information content (AvgIpc) is 3.27. The van der Waals surface area contributed by atoms with Crippen molar-refractivity contribution in [2.45, 2.75) is 30.6 Å². The molecule has 29 heavy (non-hydrogen) atoms. The molecule has 0 radical (unpaired) electrons. The number of anilines is 1. The summed E-state index contributed by atoms with van der Waals surface area (Å²) in [5, 5.41) is 5.56. The maximum atomic E-state index is 12.2. The van der Waals surface area contributed by atoms with Crippen LogP contribution in [0.2, 0.25) is 0 Å². The van der Waals surface area contributed by atoms with E-state index in [1.165, 1.54) is 12.1 Å². The fourth-order valence-electron chi connectivity index (χ4n) is 3.28. The van der Waals surface area contributed by atoms with Gasteiger partial charge < -0.3 is 10.6 Å². The molecule has 0 saturated heterocycles. The Kier molecular flexibility index (Phi) is 7.00. The van der Waals surface area contributed by atoms with E-state index in [9.17, 15) is 18.0 Å². The maximum Gasteiger partial charge on any atom is 0.251 e. The van der Waals surface area contributed by atoms with E-state index < -0.39 is 10.0 Å². The van der Waals surface area contributed by atoms with Gasteiger partial charge in [0.05, 0.1) is 4.90 Å². The molecule has 8 heteroatoms. The SMILES string of the molecule is O=C(NCCNS(=O)(=O)c1ccccc1)c1ccc(NC(=O)C2CCCC2)cc1. The lowest BCUT2D eigenvalue weighted by Crippen LogP contribution is -2.34. The van der Waals surface area contributed by atoms with Crippen molar-refractivity contribution in [3.8, 4) is 0 Å². The van der Waals surface area contributed by atoms with E-state index in [1.807, 2.05) is 0 Å². The maximum absolute atomic E-state index is 12.2. The molecular formula is C21H25N3O4S. The van der Waals surface area contributed by atoms with Gasteiger partial charge in [0, 0.05) is 30.3 Å². The summed E-state index contributed by atoms with van der Waals surface area (Å²) < 4.78 is 26.7. The molecule has 0 aliphatic heterocycles. The van der Waals surface area contributed by atoms with E-state index in [1.54, 1.807) is 42.5 Å². The van der Waals surface area contributed by atoms with Crippen molar-refractivity contribution in [3.05, 3.63) is 60.2 Å². The molecule has 7 nitrogen and oxygen atoms in total. The van der Waals surface area contributed by atoms with Crippen LogP contribution in [0, 0.1) is 5.92 Å². The molecule has 0 heterocycles.